The molecular weight excluding hydrogens is 332 g/mol. The minimum atomic E-state index is -0.602. The topological polar surface area (TPSA) is 78.5 Å². The summed E-state index contributed by atoms with van der Waals surface area (Å²) in [6.07, 6.45) is 4.89. The first-order valence-corrected chi connectivity index (χ1v) is 8.25. The molecule has 0 bridgehead atoms. The van der Waals surface area contributed by atoms with Crippen molar-refractivity contribution in [1.82, 2.24) is 18.9 Å². The number of fused-ring (bicyclic) bond motifs is 3. The Morgan fingerprint density at radius 3 is 2.69 bits per heavy atom. The van der Waals surface area contributed by atoms with Gasteiger partial charge in [-0.05, 0) is 30.7 Å². The molecule has 4 aromatic rings. The molecule has 3 aromatic heterocycles. The van der Waals surface area contributed by atoms with Crippen LogP contribution in [0.3, 0.4) is 0 Å². The third-order valence-electron chi connectivity index (χ3n) is 4.18. The van der Waals surface area contributed by atoms with Gasteiger partial charge in [-0.2, -0.15) is 0 Å². The van der Waals surface area contributed by atoms with Crippen molar-refractivity contribution in [3.8, 4) is 0 Å². The number of rotatable bonds is 4. The maximum atomic E-state index is 13.2. The molecule has 0 spiro atoms. The first kappa shape index (κ1) is 16.0. The first-order chi connectivity index (χ1) is 12.7. The van der Waals surface area contributed by atoms with Gasteiger partial charge in [0.15, 0.2) is 5.69 Å². The fourth-order valence-corrected chi connectivity index (χ4v) is 3.05. The fraction of sp³-hybridized carbons (Fsp3) is 0.158. The average Bonchev–Trinajstić information content (AvgIpc) is 3.12. The number of nitrogens with zero attached hydrogens (tertiary/aromatic N) is 4. The van der Waals surface area contributed by atoms with Gasteiger partial charge in [-0.25, -0.2) is 9.78 Å². The average molecular weight is 348 g/mol. The van der Waals surface area contributed by atoms with Crippen molar-refractivity contribution < 1.29 is 9.53 Å². The van der Waals surface area contributed by atoms with Crippen LogP contribution in [0.1, 0.15) is 23.0 Å². The minimum absolute atomic E-state index is 0.0301. The van der Waals surface area contributed by atoms with Gasteiger partial charge in [0.2, 0.25) is 0 Å². The molecule has 130 valence electrons. The Morgan fingerprint density at radius 2 is 1.96 bits per heavy atom. The summed E-state index contributed by atoms with van der Waals surface area (Å²) < 4.78 is 8.32. The molecule has 0 unspecified atom stereocenters. The number of hydrogen-bond acceptors (Lipinski definition) is 5. The second-order valence-electron chi connectivity index (χ2n) is 5.77. The number of pyridine rings is 1. The normalized spacial score (nSPS) is 11.1. The van der Waals surface area contributed by atoms with E-state index in [9.17, 15) is 9.59 Å². The predicted octanol–water partition coefficient (Wildman–Crippen LogP) is 2.27. The largest absolute Gasteiger partial charge is 0.461 e. The van der Waals surface area contributed by atoms with E-state index in [0.29, 0.717) is 6.54 Å². The lowest BCUT2D eigenvalue weighted by molar-refractivity contribution is 0.0522. The van der Waals surface area contributed by atoms with Gasteiger partial charge >= 0.3 is 5.97 Å². The van der Waals surface area contributed by atoms with Gasteiger partial charge in [0, 0.05) is 12.4 Å². The molecule has 0 aliphatic heterocycles. The molecule has 0 N–H and O–H groups in total. The summed E-state index contributed by atoms with van der Waals surface area (Å²) in [7, 11) is 0. The van der Waals surface area contributed by atoms with Crippen molar-refractivity contribution in [3.63, 3.8) is 0 Å². The molecule has 0 aliphatic carbocycles. The molecule has 0 amide bonds. The fourth-order valence-electron chi connectivity index (χ4n) is 3.05. The number of aromatic nitrogens is 4. The quantitative estimate of drug-likeness (QED) is 0.529. The molecule has 0 atom stereocenters. The van der Waals surface area contributed by atoms with Gasteiger partial charge < -0.3 is 9.30 Å². The standard InChI is InChI=1S/C19H16N4O3/c1-2-26-19(25)16-17-18(24)22(11-13-6-5-9-20-10-13)14-7-3-4-8-15(14)23(17)12-21-16/h3-10,12H,2,11H2,1H3. The zero-order valence-corrected chi connectivity index (χ0v) is 14.1. The van der Waals surface area contributed by atoms with E-state index in [0.717, 1.165) is 16.6 Å². The lowest BCUT2D eigenvalue weighted by Crippen LogP contribution is -2.25. The highest BCUT2D eigenvalue weighted by atomic mass is 16.5. The zero-order valence-electron chi connectivity index (χ0n) is 14.1. The first-order valence-electron chi connectivity index (χ1n) is 8.25. The smallest absolute Gasteiger partial charge is 0.359 e. The van der Waals surface area contributed by atoms with Crippen molar-refractivity contribution in [2.24, 2.45) is 0 Å². The Morgan fingerprint density at radius 1 is 1.15 bits per heavy atom. The molecule has 0 radical (unpaired) electrons. The van der Waals surface area contributed by atoms with Gasteiger partial charge in [0.25, 0.3) is 5.56 Å². The molecule has 1 aromatic carbocycles. The number of esters is 1. The van der Waals surface area contributed by atoms with E-state index in [4.69, 9.17) is 4.74 Å². The van der Waals surface area contributed by atoms with Crippen LogP contribution in [0.5, 0.6) is 0 Å². The number of ether oxygens (including phenoxy) is 1. The summed E-state index contributed by atoms with van der Waals surface area (Å²) in [5.74, 6) is -0.602. The molecule has 0 fully saturated rings. The van der Waals surface area contributed by atoms with Crippen LogP contribution < -0.4 is 5.56 Å². The molecule has 0 aliphatic rings. The van der Waals surface area contributed by atoms with Gasteiger partial charge in [-0.15, -0.1) is 0 Å². The lowest BCUT2D eigenvalue weighted by Gasteiger charge is -2.12. The van der Waals surface area contributed by atoms with E-state index >= 15 is 0 Å². The van der Waals surface area contributed by atoms with Crippen molar-refractivity contribution >= 4 is 22.5 Å². The summed E-state index contributed by atoms with van der Waals surface area (Å²) in [5, 5.41) is 0. The van der Waals surface area contributed by atoms with Crippen molar-refractivity contribution in [2.75, 3.05) is 6.61 Å². The van der Waals surface area contributed by atoms with Crippen LogP contribution in [0.15, 0.2) is 59.9 Å². The van der Waals surface area contributed by atoms with Crippen LogP contribution in [-0.2, 0) is 11.3 Å². The number of hydrogen-bond donors (Lipinski definition) is 0. The summed E-state index contributed by atoms with van der Waals surface area (Å²) in [6, 6.07) is 11.2. The molecule has 0 saturated carbocycles. The predicted molar refractivity (Wildman–Crippen MR) is 96.3 cm³/mol. The van der Waals surface area contributed by atoms with E-state index in [1.807, 2.05) is 36.4 Å². The number of para-hydroxylation sites is 2. The molecule has 0 saturated heterocycles. The van der Waals surface area contributed by atoms with E-state index in [2.05, 4.69) is 9.97 Å². The maximum absolute atomic E-state index is 13.2. The SMILES string of the molecule is CCOC(=O)c1ncn2c1c(=O)n(Cc1cccnc1)c1ccccc12. The summed E-state index contributed by atoms with van der Waals surface area (Å²) in [6.45, 7) is 2.28. The van der Waals surface area contributed by atoms with E-state index < -0.39 is 5.97 Å². The van der Waals surface area contributed by atoms with Crippen LogP contribution in [0.25, 0.3) is 16.6 Å². The monoisotopic (exact) mass is 348 g/mol. The third kappa shape index (κ3) is 2.54. The number of imidazole rings is 1. The summed E-state index contributed by atoms with van der Waals surface area (Å²) in [4.78, 5) is 33.7. The van der Waals surface area contributed by atoms with E-state index in [1.165, 1.54) is 6.33 Å². The highest BCUT2D eigenvalue weighted by Crippen LogP contribution is 2.18. The third-order valence-corrected chi connectivity index (χ3v) is 4.18. The maximum Gasteiger partial charge on any atom is 0.359 e. The van der Waals surface area contributed by atoms with E-state index in [-0.39, 0.29) is 23.4 Å². The molecule has 7 nitrogen and oxygen atoms in total. The molecule has 3 heterocycles. The van der Waals surface area contributed by atoms with Crippen LogP contribution >= 0.6 is 0 Å². The molecule has 26 heavy (non-hydrogen) atoms. The minimum Gasteiger partial charge on any atom is -0.461 e. The summed E-state index contributed by atoms with van der Waals surface area (Å²) in [5.41, 5.74) is 2.37. The number of carbonyl (C=O) groups excluding carboxylic acids is 1. The molecule has 7 heteroatoms. The van der Waals surface area contributed by atoms with Crippen LogP contribution in [-0.4, -0.2) is 31.5 Å². The highest BCUT2D eigenvalue weighted by molar-refractivity contribution is 5.96. The lowest BCUT2D eigenvalue weighted by atomic mass is 10.2. The van der Waals surface area contributed by atoms with Crippen molar-refractivity contribution in [3.05, 3.63) is 76.7 Å². The summed E-state index contributed by atoms with van der Waals surface area (Å²) >= 11 is 0. The van der Waals surface area contributed by atoms with Gasteiger partial charge in [0.1, 0.15) is 11.8 Å². The van der Waals surface area contributed by atoms with Gasteiger partial charge in [-0.3, -0.25) is 14.2 Å². The molecule has 4 rings (SSSR count). The highest BCUT2D eigenvalue weighted by Gasteiger charge is 2.21. The number of benzene rings is 1. The van der Waals surface area contributed by atoms with Crippen LogP contribution in [0.2, 0.25) is 0 Å². The Bertz CT molecular complexity index is 1160. The Labute approximate surface area is 148 Å². The number of carbonyl (C=O) groups is 1. The van der Waals surface area contributed by atoms with Gasteiger partial charge in [-0.1, -0.05) is 18.2 Å². The zero-order chi connectivity index (χ0) is 18.1. The van der Waals surface area contributed by atoms with Crippen molar-refractivity contribution in [2.45, 2.75) is 13.5 Å². The van der Waals surface area contributed by atoms with Crippen molar-refractivity contribution in [1.29, 1.82) is 0 Å². The van der Waals surface area contributed by atoms with Gasteiger partial charge in [0.05, 0.1) is 24.2 Å². The Hall–Kier alpha value is -3.48. The second kappa shape index (κ2) is 6.44. The molecular formula is C19H16N4O3. The Kier molecular flexibility index (Phi) is 3.96. The Balaban J connectivity index is 2.02. The van der Waals surface area contributed by atoms with E-state index in [1.54, 1.807) is 28.3 Å². The second-order valence-corrected chi connectivity index (χ2v) is 5.77. The van der Waals surface area contributed by atoms with Crippen LogP contribution in [0, 0.1) is 0 Å². The van der Waals surface area contributed by atoms with Crippen LogP contribution in [0.4, 0.5) is 0 Å².